The number of para-hydroxylation sites is 1. The van der Waals surface area contributed by atoms with Crippen molar-refractivity contribution in [2.45, 2.75) is 63.7 Å². The molecule has 0 aliphatic carbocycles. The van der Waals surface area contributed by atoms with Gasteiger partial charge in [-0.1, -0.05) is 104 Å². The molecule has 12 heteroatoms. The molecule has 50 heavy (non-hydrogen) atoms. The minimum Gasteiger partial charge on any atom is -0.453 e. The third kappa shape index (κ3) is 8.45. The Morgan fingerprint density at radius 1 is 0.920 bits per heavy atom. The van der Waals surface area contributed by atoms with Gasteiger partial charge in [-0.15, -0.1) is 5.10 Å². The number of esters is 1. The lowest BCUT2D eigenvalue weighted by Gasteiger charge is -2.41. The number of benzene rings is 4. The van der Waals surface area contributed by atoms with E-state index in [0.29, 0.717) is 17.5 Å². The second-order valence-electron chi connectivity index (χ2n) is 12.1. The van der Waals surface area contributed by atoms with Crippen molar-refractivity contribution in [2.24, 2.45) is 5.92 Å². The van der Waals surface area contributed by atoms with E-state index in [9.17, 15) is 14.7 Å². The molecule has 11 nitrogen and oxygen atoms in total. The van der Waals surface area contributed by atoms with Gasteiger partial charge in [-0.2, -0.15) is 4.68 Å². The maximum Gasteiger partial charge on any atom is 0.303 e. The fraction of sp³-hybridized carbons (Fsp3) is 0.289. The Morgan fingerprint density at radius 2 is 1.66 bits per heavy atom. The maximum atomic E-state index is 12.3. The molecule has 258 valence electrons. The van der Waals surface area contributed by atoms with E-state index in [4.69, 9.17) is 14.2 Å². The highest BCUT2D eigenvalue weighted by Crippen LogP contribution is 2.43. The fourth-order valence-electron chi connectivity index (χ4n) is 5.80. The minimum absolute atomic E-state index is 0.000651. The minimum atomic E-state index is -0.861. The normalized spacial score (nSPS) is 19.4. The monoisotopic (exact) mass is 693 g/mol. The van der Waals surface area contributed by atoms with Crippen LogP contribution < -0.4 is 5.32 Å². The standard InChI is InChI=1S/C38H39N5O6S/c1-24-34(23-50-38-40-41-42-43(38)33-10-5-4-6-11-33)48-37(49-35(24)30-14-12-27(22-44)13-15-30)31-18-16-29(17-19-31)32-9-7-8-28(20-32)21-39-36(46)25(2)47-26(3)45/h4-20,24-25,34-35,37,44H,21-23H2,1-3H3,(H,39,46)/t24-,25-,34+,35+,37+/m0/s1. The Balaban J connectivity index is 1.18. The summed E-state index contributed by atoms with van der Waals surface area (Å²) >= 11 is 1.54. The molecule has 0 spiro atoms. The van der Waals surface area contributed by atoms with Gasteiger partial charge in [-0.25, -0.2) is 0 Å². The number of hydrogen-bond donors (Lipinski definition) is 2. The van der Waals surface area contributed by atoms with Gasteiger partial charge in [0.1, 0.15) is 0 Å². The zero-order valence-electron chi connectivity index (χ0n) is 28.0. The molecule has 1 aliphatic heterocycles. The summed E-state index contributed by atoms with van der Waals surface area (Å²) in [5, 5.41) is 25.5. The van der Waals surface area contributed by atoms with Crippen molar-refractivity contribution in [1.29, 1.82) is 0 Å². The van der Waals surface area contributed by atoms with Crippen molar-refractivity contribution in [3.8, 4) is 16.8 Å². The van der Waals surface area contributed by atoms with E-state index in [1.807, 2.05) is 103 Å². The predicted molar refractivity (Wildman–Crippen MR) is 188 cm³/mol. The number of aliphatic hydroxyl groups is 1. The molecule has 5 aromatic rings. The first kappa shape index (κ1) is 35.0. The molecule has 1 aliphatic rings. The zero-order chi connectivity index (χ0) is 35.0. The molecule has 0 radical (unpaired) electrons. The number of aliphatic hydroxyl groups excluding tert-OH is 1. The Kier molecular flexibility index (Phi) is 11.3. The van der Waals surface area contributed by atoms with E-state index in [0.717, 1.165) is 39.1 Å². The highest BCUT2D eigenvalue weighted by Gasteiger charge is 2.38. The summed E-state index contributed by atoms with van der Waals surface area (Å²) in [6.45, 7) is 5.22. The molecule has 0 saturated carbocycles. The van der Waals surface area contributed by atoms with Crippen molar-refractivity contribution in [3.63, 3.8) is 0 Å². The van der Waals surface area contributed by atoms with Gasteiger partial charge in [0.25, 0.3) is 5.91 Å². The lowest BCUT2D eigenvalue weighted by molar-refractivity contribution is -0.268. The molecule has 1 aromatic heterocycles. The van der Waals surface area contributed by atoms with Gasteiger partial charge < -0.3 is 24.6 Å². The lowest BCUT2D eigenvalue weighted by atomic mass is 9.91. The quantitative estimate of drug-likeness (QED) is 0.119. The number of hydrogen-bond acceptors (Lipinski definition) is 10. The maximum absolute atomic E-state index is 12.3. The van der Waals surface area contributed by atoms with E-state index >= 15 is 0 Å². The molecule has 1 fully saturated rings. The average Bonchev–Trinajstić information content (AvgIpc) is 3.62. The first-order valence-electron chi connectivity index (χ1n) is 16.4. The summed E-state index contributed by atoms with van der Waals surface area (Å²) in [5.74, 6) is -0.258. The summed E-state index contributed by atoms with van der Waals surface area (Å²) < 4.78 is 20.0. The average molecular weight is 694 g/mol. The van der Waals surface area contributed by atoms with Crippen LogP contribution in [0.5, 0.6) is 0 Å². The number of rotatable bonds is 12. The van der Waals surface area contributed by atoms with Crippen LogP contribution in [-0.2, 0) is 37.0 Å². The first-order valence-corrected chi connectivity index (χ1v) is 17.4. The zero-order valence-corrected chi connectivity index (χ0v) is 28.8. The third-order valence-corrected chi connectivity index (χ3v) is 9.57. The van der Waals surface area contributed by atoms with Gasteiger partial charge in [0.2, 0.25) is 5.16 Å². The molecule has 5 atom stereocenters. The first-order chi connectivity index (χ1) is 24.3. The van der Waals surface area contributed by atoms with Crippen LogP contribution in [0.2, 0.25) is 0 Å². The van der Waals surface area contributed by atoms with Gasteiger partial charge in [-0.3, -0.25) is 9.59 Å². The third-order valence-electron chi connectivity index (χ3n) is 8.56. The van der Waals surface area contributed by atoms with Crippen LogP contribution in [0.4, 0.5) is 0 Å². The topological polar surface area (TPSA) is 138 Å². The van der Waals surface area contributed by atoms with Crippen LogP contribution in [0.1, 0.15) is 55.4 Å². The van der Waals surface area contributed by atoms with Crippen molar-refractivity contribution < 1.29 is 28.9 Å². The molecule has 2 N–H and O–H groups in total. The molecule has 6 rings (SSSR count). The molecular weight excluding hydrogens is 655 g/mol. The Hall–Kier alpha value is -4.88. The van der Waals surface area contributed by atoms with Gasteiger partial charge in [0.15, 0.2) is 12.4 Å². The van der Waals surface area contributed by atoms with Crippen LogP contribution in [0.25, 0.3) is 16.8 Å². The van der Waals surface area contributed by atoms with E-state index < -0.39 is 18.4 Å². The van der Waals surface area contributed by atoms with Crippen molar-refractivity contribution in [1.82, 2.24) is 25.5 Å². The largest absolute Gasteiger partial charge is 0.453 e. The van der Waals surface area contributed by atoms with Crippen molar-refractivity contribution in [3.05, 3.63) is 125 Å². The van der Waals surface area contributed by atoms with Crippen LogP contribution in [-0.4, -0.2) is 55.2 Å². The number of tetrazole rings is 1. The Bertz CT molecular complexity index is 1890. The Labute approximate surface area is 295 Å². The van der Waals surface area contributed by atoms with Gasteiger partial charge in [0, 0.05) is 30.7 Å². The van der Waals surface area contributed by atoms with Crippen LogP contribution in [0.15, 0.2) is 108 Å². The van der Waals surface area contributed by atoms with E-state index in [1.54, 1.807) is 11.6 Å². The number of nitrogens with zero attached hydrogens (tertiary/aromatic N) is 4. The fourth-order valence-corrected chi connectivity index (χ4v) is 6.85. The molecule has 4 aromatic carbocycles. The van der Waals surface area contributed by atoms with E-state index in [-0.39, 0.29) is 30.6 Å². The number of amides is 1. The molecule has 0 bridgehead atoms. The number of carbonyl (C=O) groups is 2. The molecule has 1 saturated heterocycles. The lowest BCUT2D eigenvalue weighted by Crippen LogP contribution is -2.38. The number of carbonyl (C=O) groups excluding carboxylic acids is 2. The predicted octanol–water partition coefficient (Wildman–Crippen LogP) is 5.97. The SMILES string of the molecule is CC(=O)O[C@@H](C)C(=O)NCc1cccc(-c2ccc([C@@H]3O[C@H](CSc4nnnn4-c4ccccc4)[C@H](C)[C@H](c4ccc(CO)cc4)O3)cc2)c1. The van der Waals surface area contributed by atoms with Gasteiger partial charge in [-0.05, 0) is 63.4 Å². The molecule has 0 unspecified atom stereocenters. The summed E-state index contributed by atoms with van der Waals surface area (Å²) in [7, 11) is 0. The number of ether oxygens (including phenoxy) is 3. The molecule has 1 amide bonds. The highest BCUT2D eigenvalue weighted by molar-refractivity contribution is 7.99. The smallest absolute Gasteiger partial charge is 0.303 e. The Morgan fingerprint density at radius 3 is 2.38 bits per heavy atom. The van der Waals surface area contributed by atoms with Crippen LogP contribution >= 0.6 is 11.8 Å². The number of nitrogens with one attached hydrogen (secondary N) is 1. The number of thioether (sulfide) groups is 1. The number of aromatic nitrogens is 4. The second kappa shape index (κ2) is 16.2. The van der Waals surface area contributed by atoms with Crippen molar-refractivity contribution >= 4 is 23.6 Å². The molecule has 2 heterocycles. The van der Waals surface area contributed by atoms with Crippen LogP contribution in [0.3, 0.4) is 0 Å². The molecular formula is C38H39N5O6S. The summed E-state index contributed by atoms with van der Waals surface area (Å²) in [5.41, 5.74) is 6.50. The second-order valence-corrected chi connectivity index (χ2v) is 13.1. The van der Waals surface area contributed by atoms with Crippen molar-refractivity contribution in [2.75, 3.05) is 5.75 Å². The van der Waals surface area contributed by atoms with E-state index in [1.165, 1.54) is 18.7 Å². The van der Waals surface area contributed by atoms with Gasteiger partial charge in [0.05, 0.1) is 24.5 Å². The summed E-state index contributed by atoms with van der Waals surface area (Å²) in [4.78, 5) is 23.5. The van der Waals surface area contributed by atoms with E-state index in [2.05, 4.69) is 27.8 Å². The highest BCUT2D eigenvalue weighted by atomic mass is 32.2. The summed E-state index contributed by atoms with van der Waals surface area (Å²) in [6, 6.07) is 33.6. The summed E-state index contributed by atoms with van der Waals surface area (Å²) in [6.07, 6.45) is -1.94. The van der Waals surface area contributed by atoms with Gasteiger partial charge >= 0.3 is 5.97 Å². The van der Waals surface area contributed by atoms with Crippen LogP contribution in [0, 0.1) is 5.92 Å².